The topological polar surface area (TPSA) is 101 Å². The average Bonchev–Trinajstić information content (AvgIpc) is 3.92. The Labute approximate surface area is 257 Å². The number of benzene rings is 1. The number of anilines is 2. The van der Waals surface area contributed by atoms with Gasteiger partial charge >= 0.3 is 6.18 Å². The predicted molar refractivity (Wildman–Crippen MR) is 159 cm³/mol. The molecule has 2 aromatic heterocycles. The van der Waals surface area contributed by atoms with Gasteiger partial charge in [-0.15, -0.1) is 12.0 Å². The molecule has 6 rings (SSSR count). The van der Waals surface area contributed by atoms with Crippen molar-refractivity contribution in [2.24, 2.45) is 11.3 Å². The van der Waals surface area contributed by atoms with Crippen LogP contribution in [0.3, 0.4) is 0 Å². The molecule has 0 radical (unpaired) electrons. The fourth-order valence-corrected chi connectivity index (χ4v) is 5.90. The first-order chi connectivity index (χ1) is 21.3. The molecule has 2 aliphatic carbocycles. The molecule has 1 aliphatic heterocycles. The lowest BCUT2D eigenvalue weighted by Crippen LogP contribution is -2.47. The number of alkyl halides is 3. The number of halogens is 5. The van der Waals surface area contributed by atoms with Gasteiger partial charge in [0.05, 0.1) is 39.3 Å². The Kier molecular flexibility index (Phi) is 7.28. The summed E-state index contributed by atoms with van der Waals surface area (Å²) in [6, 6.07) is 6.95. The summed E-state index contributed by atoms with van der Waals surface area (Å²) in [7, 11) is 0. The van der Waals surface area contributed by atoms with Gasteiger partial charge in [0.2, 0.25) is 11.9 Å². The highest BCUT2D eigenvalue weighted by Gasteiger charge is 2.60. The van der Waals surface area contributed by atoms with Crippen molar-refractivity contribution in [1.82, 2.24) is 25.9 Å². The maximum absolute atomic E-state index is 16.3. The van der Waals surface area contributed by atoms with Crippen LogP contribution < -0.4 is 21.6 Å². The van der Waals surface area contributed by atoms with Gasteiger partial charge in [0.1, 0.15) is 11.8 Å². The summed E-state index contributed by atoms with van der Waals surface area (Å²) in [5.41, 5.74) is 5.53. The molecule has 1 aromatic carbocycles. The van der Waals surface area contributed by atoms with E-state index in [1.807, 2.05) is 0 Å². The fraction of sp³-hybridized carbons (Fsp3) is 0.406. The maximum atomic E-state index is 16.3. The molecule has 0 bridgehead atoms. The number of hydrogen-bond donors (Lipinski definition) is 4. The van der Waals surface area contributed by atoms with Gasteiger partial charge < -0.3 is 16.1 Å². The molecule has 0 saturated heterocycles. The Morgan fingerprint density at radius 2 is 1.91 bits per heavy atom. The lowest BCUT2D eigenvalue weighted by molar-refractivity contribution is -0.206. The van der Waals surface area contributed by atoms with Gasteiger partial charge in [-0.25, -0.2) is 4.98 Å². The van der Waals surface area contributed by atoms with Crippen molar-refractivity contribution in [1.29, 1.82) is 5.26 Å². The van der Waals surface area contributed by atoms with Gasteiger partial charge in [0.25, 0.3) is 0 Å². The first-order valence-electron chi connectivity index (χ1n) is 14.5. The summed E-state index contributed by atoms with van der Waals surface area (Å²) in [5.74, 6) is 1.63. The van der Waals surface area contributed by atoms with E-state index in [0.29, 0.717) is 28.2 Å². The third-order valence-electron chi connectivity index (χ3n) is 8.99. The van der Waals surface area contributed by atoms with Crippen molar-refractivity contribution < 1.29 is 22.0 Å². The minimum atomic E-state index is -4.50. The van der Waals surface area contributed by atoms with Crippen molar-refractivity contribution >= 4 is 22.3 Å². The summed E-state index contributed by atoms with van der Waals surface area (Å²) < 4.78 is 71.4. The molecule has 3 heterocycles. The number of rotatable bonds is 9. The fourth-order valence-electron chi connectivity index (χ4n) is 5.90. The minimum Gasteiger partial charge on any atom is -0.383 e. The number of fused-ring (bicyclic) bond motifs is 1. The molecule has 0 unspecified atom stereocenters. The third kappa shape index (κ3) is 5.35. The molecule has 3 aromatic rings. The SMILES string of the molecule is C#Cc1cnc2c(C#N)cc(N[C@H](C3=C(F)N(C4(C5CC5)CC4)NN3)c3ccc(F)nc3C)cc2c1NCC(C)(C)C(F)(F)F. The number of hydrazine groups is 2. The number of pyridine rings is 2. The molecule has 8 nitrogen and oxygen atoms in total. The third-order valence-corrected chi connectivity index (χ3v) is 8.99. The van der Waals surface area contributed by atoms with E-state index < -0.39 is 36.1 Å². The number of aromatic nitrogens is 2. The Balaban J connectivity index is 1.45. The molecule has 0 spiro atoms. The monoisotopic (exact) mass is 622 g/mol. The number of nitrogens with zero attached hydrogens (tertiary/aromatic N) is 4. The summed E-state index contributed by atoms with van der Waals surface area (Å²) in [5, 5.41) is 18.0. The van der Waals surface area contributed by atoms with Gasteiger partial charge in [-0.05, 0) is 70.6 Å². The van der Waals surface area contributed by atoms with E-state index in [2.05, 4.69) is 43.6 Å². The molecule has 1 atom stereocenters. The number of hydrogen-bond acceptors (Lipinski definition) is 8. The van der Waals surface area contributed by atoms with Gasteiger partial charge in [0, 0.05) is 35.1 Å². The van der Waals surface area contributed by atoms with Gasteiger partial charge in [-0.3, -0.25) is 9.99 Å². The van der Waals surface area contributed by atoms with E-state index in [1.165, 1.54) is 29.4 Å². The number of aryl methyl sites for hydroxylation is 1. The summed E-state index contributed by atoms with van der Waals surface area (Å²) in [6.45, 7) is 3.24. The van der Waals surface area contributed by atoms with Gasteiger partial charge in [-0.2, -0.15) is 27.2 Å². The van der Waals surface area contributed by atoms with E-state index in [-0.39, 0.29) is 33.6 Å². The van der Waals surface area contributed by atoms with Crippen LogP contribution in [-0.2, 0) is 0 Å². The van der Waals surface area contributed by atoms with Crippen LogP contribution in [-0.4, -0.2) is 33.2 Å². The van der Waals surface area contributed by atoms with Crippen LogP contribution in [0.5, 0.6) is 0 Å². The van der Waals surface area contributed by atoms with Crippen LogP contribution in [0.25, 0.3) is 10.9 Å². The Hall–Kier alpha value is -4.62. The Morgan fingerprint density at radius 3 is 2.51 bits per heavy atom. The number of nitriles is 1. The lowest BCUT2D eigenvalue weighted by Gasteiger charge is -2.29. The highest BCUT2D eigenvalue weighted by Crippen LogP contribution is 2.59. The van der Waals surface area contributed by atoms with Crippen LogP contribution in [0.15, 0.2) is 42.1 Å². The van der Waals surface area contributed by atoms with Crippen LogP contribution in [0.1, 0.15) is 68.0 Å². The van der Waals surface area contributed by atoms with Crippen LogP contribution >= 0.6 is 0 Å². The Morgan fingerprint density at radius 1 is 1.18 bits per heavy atom. The normalized spacial score (nSPS) is 18.3. The van der Waals surface area contributed by atoms with Crippen LogP contribution in [0, 0.1) is 47.9 Å². The lowest BCUT2D eigenvalue weighted by atomic mass is 9.92. The smallest absolute Gasteiger partial charge is 0.383 e. The molecule has 13 heteroatoms. The highest BCUT2D eigenvalue weighted by atomic mass is 19.4. The minimum absolute atomic E-state index is 0.114. The molecule has 2 saturated carbocycles. The zero-order valence-electron chi connectivity index (χ0n) is 24.8. The predicted octanol–water partition coefficient (Wildman–Crippen LogP) is 6.49. The van der Waals surface area contributed by atoms with E-state index in [9.17, 15) is 22.8 Å². The largest absolute Gasteiger partial charge is 0.395 e. The van der Waals surface area contributed by atoms with Crippen molar-refractivity contribution in [2.45, 2.75) is 64.2 Å². The number of terminal acetylenes is 1. The second kappa shape index (κ2) is 10.8. The highest BCUT2D eigenvalue weighted by molar-refractivity contribution is 5.99. The van der Waals surface area contributed by atoms with E-state index in [0.717, 1.165) is 39.5 Å². The van der Waals surface area contributed by atoms with Gasteiger partial charge in [-0.1, -0.05) is 12.0 Å². The second-order valence-corrected chi connectivity index (χ2v) is 12.5. The summed E-state index contributed by atoms with van der Waals surface area (Å²) >= 11 is 0. The first-order valence-corrected chi connectivity index (χ1v) is 14.5. The molecule has 3 aliphatic rings. The standard InChI is InChI=1S/C32H31F5N8/c1-5-18-15-39-26-19(14-38)12-21(13-23(26)25(18)40-16-30(3,4)32(35,36)37)42-27(22-8-9-24(33)41-17(22)2)28-29(34)45(44-43-28)31(10-11-31)20-6-7-20/h1,8-9,12-13,15,20,27,42-44H,6-7,10-11,16H2,2-4H3,(H,39,40)/t27-/m0/s1. The van der Waals surface area contributed by atoms with Crippen molar-refractivity contribution in [3.05, 3.63) is 70.4 Å². The van der Waals surface area contributed by atoms with E-state index >= 15 is 4.39 Å². The van der Waals surface area contributed by atoms with E-state index in [1.54, 1.807) is 13.0 Å². The quantitative estimate of drug-likeness (QED) is 0.0931. The summed E-state index contributed by atoms with van der Waals surface area (Å²) in [4.78, 5) is 8.27. The molecule has 234 valence electrons. The molecular formula is C32H31F5N8. The molecule has 45 heavy (non-hydrogen) atoms. The van der Waals surface area contributed by atoms with Crippen molar-refractivity contribution in [3.63, 3.8) is 0 Å². The van der Waals surface area contributed by atoms with Crippen LogP contribution in [0.2, 0.25) is 0 Å². The van der Waals surface area contributed by atoms with Crippen molar-refractivity contribution in [2.75, 3.05) is 17.2 Å². The summed E-state index contributed by atoms with van der Waals surface area (Å²) in [6.07, 6.45) is 6.29. The van der Waals surface area contributed by atoms with Crippen LogP contribution in [0.4, 0.5) is 33.3 Å². The second-order valence-electron chi connectivity index (χ2n) is 12.5. The zero-order valence-corrected chi connectivity index (χ0v) is 24.8. The molecule has 4 N–H and O–H groups in total. The van der Waals surface area contributed by atoms with E-state index in [4.69, 9.17) is 6.42 Å². The maximum Gasteiger partial charge on any atom is 0.395 e. The molecule has 2 fully saturated rings. The zero-order chi connectivity index (χ0) is 32.3. The number of nitrogens with one attached hydrogen (secondary N) is 4. The average molecular weight is 623 g/mol. The van der Waals surface area contributed by atoms with Crippen molar-refractivity contribution in [3.8, 4) is 18.4 Å². The molecular weight excluding hydrogens is 591 g/mol. The first kappa shape index (κ1) is 30.4. The molecule has 0 amide bonds. The Bertz CT molecular complexity index is 1790. The van der Waals surface area contributed by atoms with Gasteiger partial charge in [0.15, 0.2) is 0 Å².